The number of rotatable bonds is 4. The van der Waals surface area contributed by atoms with E-state index in [1.54, 1.807) is 23.5 Å². The maximum absolute atomic E-state index is 13.5. The molecule has 1 N–H and O–H groups in total. The highest BCUT2D eigenvalue weighted by Crippen LogP contribution is 2.36. The van der Waals surface area contributed by atoms with Gasteiger partial charge in [-0.1, -0.05) is 22.9 Å². The molecule has 0 aliphatic rings. The molecule has 0 saturated heterocycles. The molecule has 1 unspecified atom stereocenters. The molecule has 19 heavy (non-hydrogen) atoms. The Kier molecular flexibility index (Phi) is 5.17. The lowest BCUT2D eigenvalue weighted by atomic mass is 10.0. The van der Waals surface area contributed by atoms with Crippen LogP contribution in [0.2, 0.25) is 0 Å². The number of nitrogens with one attached hydrogen (secondary N) is 1. The van der Waals surface area contributed by atoms with Crippen molar-refractivity contribution in [3.05, 3.63) is 54.3 Å². The van der Waals surface area contributed by atoms with Crippen LogP contribution in [0.4, 0.5) is 4.39 Å². The van der Waals surface area contributed by atoms with Crippen molar-refractivity contribution in [2.24, 2.45) is 0 Å². The van der Waals surface area contributed by atoms with Gasteiger partial charge in [-0.3, -0.25) is 0 Å². The minimum Gasteiger partial charge on any atom is -0.306 e. The van der Waals surface area contributed by atoms with Crippen molar-refractivity contribution >= 4 is 43.2 Å². The first-order chi connectivity index (χ1) is 9.02. The lowest BCUT2D eigenvalue weighted by molar-refractivity contribution is 0.605. The highest BCUT2D eigenvalue weighted by atomic mass is 79.9. The first-order valence-electron chi connectivity index (χ1n) is 5.97. The Morgan fingerprint density at radius 1 is 1.32 bits per heavy atom. The molecular weight excluding hydrogens is 393 g/mol. The lowest BCUT2D eigenvalue weighted by Crippen LogP contribution is -2.21. The van der Waals surface area contributed by atoms with Crippen LogP contribution >= 0.6 is 43.2 Å². The number of aryl methyl sites for hydroxylation is 1. The van der Waals surface area contributed by atoms with Gasteiger partial charge in [-0.2, -0.15) is 0 Å². The minimum absolute atomic E-state index is 0.00470. The van der Waals surface area contributed by atoms with Crippen LogP contribution in [0.3, 0.4) is 0 Å². The van der Waals surface area contributed by atoms with Crippen molar-refractivity contribution in [1.82, 2.24) is 5.32 Å². The van der Waals surface area contributed by atoms with Gasteiger partial charge in [-0.15, -0.1) is 11.3 Å². The molecule has 1 heterocycles. The van der Waals surface area contributed by atoms with E-state index < -0.39 is 0 Å². The number of hydrogen-bond acceptors (Lipinski definition) is 2. The zero-order valence-electron chi connectivity index (χ0n) is 10.6. The van der Waals surface area contributed by atoms with Crippen molar-refractivity contribution in [3.8, 4) is 0 Å². The summed E-state index contributed by atoms with van der Waals surface area (Å²) in [4.78, 5) is 1.18. The van der Waals surface area contributed by atoms with E-state index in [-0.39, 0.29) is 11.9 Å². The molecule has 0 fully saturated rings. The molecule has 0 radical (unpaired) electrons. The van der Waals surface area contributed by atoms with Crippen molar-refractivity contribution in [2.75, 3.05) is 6.54 Å². The Hall–Kier alpha value is -0.230. The second-order valence-electron chi connectivity index (χ2n) is 4.26. The number of benzene rings is 1. The summed E-state index contributed by atoms with van der Waals surface area (Å²) >= 11 is 8.74. The molecule has 1 nitrogen and oxygen atoms in total. The second kappa shape index (κ2) is 6.48. The van der Waals surface area contributed by atoms with Gasteiger partial charge in [0.25, 0.3) is 0 Å². The van der Waals surface area contributed by atoms with Gasteiger partial charge in [0, 0.05) is 9.35 Å². The molecule has 2 aromatic rings. The van der Waals surface area contributed by atoms with Gasteiger partial charge >= 0.3 is 0 Å². The number of hydrogen-bond donors (Lipinski definition) is 1. The fraction of sp³-hybridized carbons (Fsp3) is 0.286. The van der Waals surface area contributed by atoms with Crippen LogP contribution < -0.4 is 5.32 Å². The van der Waals surface area contributed by atoms with Gasteiger partial charge in [-0.05, 0) is 64.8 Å². The summed E-state index contributed by atoms with van der Waals surface area (Å²) in [6.45, 7) is 4.94. The molecule has 1 atom stereocenters. The molecule has 0 amide bonds. The van der Waals surface area contributed by atoms with Crippen LogP contribution in [0.25, 0.3) is 0 Å². The molecule has 2 rings (SSSR count). The van der Waals surface area contributed by atoms with E-state index in [1.165, 1.54) is 16.5 Å². The average molecular weight is 407 g/mol. The number of halogens is 3. The Morgan fingerprint density at radius 3 is 2.63 bits per heavy atom. The Bertz CT molecular complexity index is 563. The third-order valence-corrected chi connectivity index (χ3v) is 5.76. The summed E-state index contributed by atoms with van der Waals surface area (Å²) in [5, 5.41) is 3.42. The van der Waals surface area contributed by atoms with Crippen molar-refractivity contribution in [2.45, 2.75) is 19.9 Å². The SMILES string of the molecule is CCNC(c1cc(C)c(Br)s1)c1cc(F)ccc1Br. The summed E-state index contributed by atoms with van der Waals surface area (Å²) < 4.78 is 15.5. The molecule has 1 aromatic heterocycles. The van der Waals surface area contributed by atoms with Crippen LogP contribution in [-0.4, -0.2) is 6.54 Å². The number of thiophene rings is 1. The summed E-state index contributed by atoms with van der Waals surface area (Å²) in [5.41, 5.74) is 2.13. The summed E-state index contributed by atoms with van der Waals surface area (Å²) in [6, 6.07) is 6.95. The van der Waals surface area contributed by atoms with E-state index in [0.29, 0.717) is 0 Å². The van der Waals surface area contributed by atoms with Crippen LogP contribution in [-0.2, 0) is 0 Å². The van der Waals surface area contributed by atoms with E-state index >= 15 is 0 Å². The summed E-state index contributed by atoms with van der Waals surface area (Å²) in [7, 11) is 0. The fourth-order valence-electron chi connectivity index (χ4n) is 1.93. The van der Waals surface area contributed by atoms with E-state index in [2.05, 4.69) is 57.1 Å². The Balaban J connectivity index is 2.47. The monoisotopic (exact) mass is 405 g/mol. The van der Waals surface area contributed by atoms with Gasteiger partial charge < -0.3 is 5.32 Å². The van der Waals surface area contributed by atoms with Gasteiger partial charge in [0.2, 0.25) is 0 Å². The van der Waals surface area contributed by atoms with E-state index in [9.17, 15) is 4.39 Å². The average Bonchev–Trinajstić information content (AvgIpc) is 2.70. The first kappa shape index (κ1) is 15.2. The minimum atomic E-state index is -0.214. The zero-order chi connectivity index (χ0) is 14.0. The normalized spacial score (nSPS) is 12.7. The van der Waals surface area contributed by atoms with E-state index in [4.69, 9.17) is 0 Å². The van der Waals surface area contributed by atoms with Gasteiger partial charge in [-0.25, -0.2) is 4.39 Å². The molecule has 0 saturated carbocycles. The third kappa shape index (κ3) is 3.45. The Labute approximate surface area is 133 Å². The standard InChI is InChI=1S/C14H14Br2FNS/c1-3-18-13(12-6-8(2)14(16)19-12)10-7-9(17)4-5-11(10)15/h4-7,13,18H,3H2,1-2H3. The molecule has 1 aromatic carbocycles. The maximum atomic E-state index is 13.5. The van der Waals surface area contributed by atoms with Crippen LogP contribution in [0.5, 0.6) is 0 Å². The van der Waals surface area contributed by atoms with Crippen LogP contribution in [0.1, 0.15) is 29.0 Å². The van der Waals surface area contributed by atoms with Gasteiger partial charge in [0.05, 0.1) is 9.83 Å². The van der Waals surface area contributed by atoms with Gasteiger partial charge in [0.15, 0.2) is 0 Å². The smallest absolute Gasteiger partial charge is 0.123 e. The largest absolute Gasteiger partial charge is 0.306 e. The highest BCUT2D eigenvalue weighted by Gasteiger charge is 2.19. The highest BCUT2D eigenvalue weighted by molar-refractivity contribution is 9.11. The Morgan fingerprint density at radius 2 is 2.05 bits per heavy atom. The predicted octanol–water partition coefficient (Wildman–Crippen LogP) is 5.42. The van der Waals surface area contributed by atoms with Crippen molar-refractivity contribution in [3.63, 3.8) is 0 Å². The quantitative estimate of drug-likeness (QED) is 0.714. The molecule has 102 valence electrons. The van der Waals surface area contributed by atoms with Crippen LogP contribution in [0, 0.1) is 12.7 Å². The summed E-state index contributed by atoms with van der Waals surface area (Å²) in [6.07, 6.45) is 0. The second-order valence-corrected chi connectivity index (χ2v) is 7.52. The van der Waals surface area contributed by atoms with Crippen LogP contribution in [0.15, 0.2) is 32.5 Å². The topological polar surface area (TPSA) is 12.0 Å². The molecule has 0 aliphatic carbocycles. The molecular formula is C14H14Br2FNS. The zero-order valence-corrected chi connectivity index (χ0v) is 14.6. The molecule has 5 heteroatoms. The van der Waals surface area contributed by atoms with Crippen molar-refractivity contribution in [1.29, 1.82) is 0 Å². The summed E-state index contributed by atoms with van der Waals surface area (Å²) in [5.74, 6) is -0.214. The molecule has 0 bridgehead atoms. The lowest BCUT2D eigenvalue weighted by Gasteiger charge is -2.18. The molecule has 0 spiro atoms. The van der Waals surface area contributed by atoms with E-state index in [1.807, 2.05) is 0 Å². The fourth-order valence-corrected chi connectivity index (χ4v) is 4.07. The first-order valence-corrected chi connectivity index (χ1v) is 8.37. The third-order valence-electron chi connectivity index (χ3n) is 2.84. The van der Waals surface area contributed by atoms with Gasteiger partial charge in [0.1, 0.15) is 5.82 Å². The maximum Gasteiger partial charge on any atom is 0.123 e. The van der Waals surface area contributed by atoms with Crippen molar-refractivity contribution < 1.29 is 4.39 Å². The van der Waals surface area contributed by atoms with E-state index in [0.717, 1.165) is 20.4 Å². The molecule has 0 aliphatic heterocycles. The predicted molar refractivity (Wildman–Crippen MR) is 86.4 cm³/mol.